The van der Waals surface area contributed by atoms with E-state index in [1.165, 1.54) is 0 Å². The van der Waals surface area contributed by atoms with Crippen molar-refractivity contribution in [3.05, 3.63) is 0 Å². The van der Waals surface area contributed by atoms with Crippen LogP contribution in [0.2, 0.25) is 0 Å². The first-order valence-corrected chi connectivity index (χ1v) is 5.45. The summed E-state index contributed by atoms with van der Waals surface area (Å²) in [6.07, 6.45) is 2.64. The standard InChI is InChI=1S/C10H20N2O3/c11-10(14)3-6-12-4-1-9(2-5-12)15-8-7-13/h9,13H,1-8H2,(H2,11,14). The molecule has 0 saturated carbocycles. The Labute approximate surface area is 90.2 Å². The summed E-state index contributed by atoms with van der Waals surface area (Å²) in [6.45, 7) is 3.16. The molecule has 88 valence electrons. The third-order valence-electron chi connectivity index (χ3n) is 2.65. The third kappa shape index (κ3) is 5.11. The first-order chi connectivity index (χ1) is 7.22. The molecule has 1 rings (SSSR count). The van der Waals surface area contributed by atoms with Crippen LogP contribution in [0.3, 0.4) is 0 Å². The molecule has 5 nitrogen and oxygen atoms in total. The Hall–Kier alpha value is -0.650. The molecule has 0 aromatic carbocycles. The van der Waals surface area contributed by atoms with Crippen molar-refractivity contribution in [1.29, 1.82) is 0 Å². The second kappa shape index (κ2) is 6.76. The summed E-state index contributed by atoms with van der Waals surface area (Å²) in [5, 5.41) is 8.61. The second-order valence-corrected chi connectivity index (χ2v) is 3.85. The van der Waals surface area contributed by atoms with Crippen molar-refractivity contribution < 1.29 is 14.6 Å². The van der Waals surface area contributed by atoms with Gasteiger partial charge in [0, 0.05) is 26.1 Å². The quantitative estimate of drug-likeness (QED) is 0.618. The topological polar surface area (TPSA) is 75.8 Å². The summed E-state index contributed by atoms with van der Waals surface area (Å²) in [5.41, 5.74) is 5.08. The summed E-state index contributed by atoms with van der Waals surface area (Å²) in [7, 11) is 0. The summed E-state index contributed by atoms with van der Waals surface area (Å²) in [6, 6.07) is 0. The Kier molecular flexibility index (Phi) is 5.60. The molecule has 1 heterocycles. The van der Waals surface area contributed by atoms with E-state index in [-0.39, 0.29) is 18.6 Å². The number of aliphatic hydroxyl groups excluding tert-OH is 1. The van der Waals surface area contributed by atoms with Gasteiger partial charge in [-0.15, -0.1) is 0 Å². The van der Waals surface area contributed by atoms with E-state index >= 15 is 0 Å². The van der Waals surface area contributed by atoms with E-state index in [0.29, 0.717) is 13.0 Å². The molecule has 15 heavy (non-hydrogen) atoms. The summed E-state index contributed by atoms with van der Waals surface area (Å²) >= 11 is 0. The fourth-order valence-electron chi connectivity index (χ4n) is 1.79. The monoisotopic (exact) mass is 216 g/mol. The molecule has 0 atom stereocenters. The molecule has 0 unspecified atom stereocenters. The minimum absolute atomic E-state index is 0.0852. The second-order valence-electron chi connectivity index (χ2n) is 3.85. The fraction of sp³-hybridized carbons (Fsp3) is 0.900. The molecular weight excluding hydrogens is 196 g/mol. The number of nitrogens with two attached hydrogens (primary N) is 1. The highest BCUT2D eigenvalue weighted by molar-refractivity contribution is 5.73. The molecule has 1 saturated heterocycles. The van der Waals surface area contributed by atoms with E-state index in [1.807, 2.05) is 0 Å². The lowest BCUT2D eigenvalue weighted by atomic mass is 10.1. The number of amides is 1. The summed E-state index contributed by atoms with van der Waals surface area (Å²) in [4.78, 5) is 12.8. The van der Waals surface area contributed by atoms with Crippen LogP contribution in [0.4, 0.5) is 0 Å². The molecule has 0 aliphatic carbocycles. The molecule has 0 spiro atoms. The van der Waals surface area contributed by atoms with Gasteiger partial charge in [-0.2, -0.15) is 0 Å². The van der Waals surface area contributed by atoms with Gasteiger partial charge in [0.25, 0.3) is 0 Å². The van der Waals surface area contributed by atoms with Crippen LogP contribution in [0.5, 0.6) is 0 Å². The van der Waals surface area contributed by atoms with E-state index in [2.05, 4.69) is 4.90 Å². The van der Waals surface area contributed by atoms with E-state index in [9.17, 15) is 4.79 Å². The number of piperidine rings is 1. The van der Waals surface area contributed by atoms with Crippen molar-refractivity contribution in [2.45, 2.75) is 25.4 Å². The zero-order chi connectivity index (χ0) is 11.1. The number of carbonyl (C=O) groups excluding carboxylic acids is 1. The lowest BCUT2D eigenvalue weighted by Crippen LogP contribution is -2.38. The van der Waals surface area contributed by atoms with Crippen molar-refractivity contribution in [3.63, 3.8) is 0 Å². The first kappa shape index (κ1) is 12.4. The molecule has 1 aliphatic heterocycles. The minimum atomic E-state index is -0.242. The number of primary amides is 1. The van der Waals surface area contributed by atoms with Crippen LogP contribution in [0.25, 0.3) is 0 Å². The van der Waals surface area contributed by atoms with Crippen LogP contribution in [-0.2, 0) is 9.53 Å². The molecule has 1 amide bonds. The number of hydrogen-bond donors (Lipinski definition) is 2. The largest absolute Gasteiger partial charge is 0.394 e. The van der Waals surface area contributed by atoms with Gasteiger partial charge in [-0.25, -0.2) is 0 Å². The SMILES string of the molecule is NC(=O)CCN1CCC(OCCO)CC1. The Balaban J connectivity index is 2.09. The van der Waals surface area contributed by atoms with Gasteiger partial charge >= 0.3 is 0 Å². The zero-order valence-corrected chi connectivity index (χ0v) is 9.02. The van der Waals surface area contributed by atoms with E-state index in [4.69, 9.17) is 15.6 Å². The van der Waals surface area contributed by atoms with Crippen LogP contribution in [0.1, 0.15) is 19.3 Å². The maximum atomic E-state index is 10.6. The van der Waals surface area contributed by atoms with Gasteiger partial charge in [-0.05, 0) is 12.8 Å². The molecule has 3 N–H and O–H groups in total. The number of likely N-dealkylation sites (tertiary alicyclic amines) is 1. The average Bonchev–Trinajstić information content (AvgIpc) is 2.25. The maximum Gasteiger partial charge on any atom is 0.218 e. The summed E-state index contributed by atoms with van der Waals surface area (Å²) in [5.74, 6) is -0.242. The van der Waals surface area contributed by atoms with Crippen LogP contribution in [0, 0.1) is 0 Å². The predicted molar refractivity (Wildman–Crippen MR) is 56.3 cm³/mol. The van der Waals surface area contributed by atoms with Crippen molar-refractivity contribution >= 4 is 5.91 Å². The fourth-order valence-corrected chi connectivity index (χ4v) is 1.79. The predicted octanol–water partition coefficient (Wildman–Crippen LogP) is -0.665. The van der Waals surface area contributed by atoms with E-state index < -0.39 is 0 Å². The van der Waals surface area contributed by atoms with Gasteiger partial charge in [0.2, 0.25) is 5.91 Å². The van der Waals surface area contributed by atoms with Gasteiger partial charge in [-0.3, -0.25) is 4.79 Å². The van der Waals surface area contributed by atoms with Crippen LogP contribution < -0.4 is 5.73 Å². The molecular formula is C10H20N2O3. The maximum absolute atomic E-state index is 10.6. The van der Waals surface area contributed by atoms with Gasteiger partial charge in [-0.1, -0.05) is 0 Å². The zero-order valence-electron chi connectivity index (χ0n) is 9.02. The highest BCUT2D eigenvalue weighted by Gasteiger charge is 2.19. The lowest BCUT2D eigenvalue weighted by molar-refractivity contribution is -0.118. The molecule has 1 aliphatic rings. The summed E-state index contributed by atoms with van der Waals surface area (Å²) < 4.78 is 5.44. The Bertz CT molecular complexity index is 191. The number of aliphatic hydroxyl groups is 1. The molecule has 1 fully saturated rings. The molecule has 0 radical (unpaired) electrons. The Morgan fingerprint density at radius 1 is 1.47 bits per heavy atom. The normalized spacial score (nSPS) is 19.3. The molecule has 0 aromatic heterocycles. The highest BCUT2D eigenvalue weighted by atomic mass is 16.5. The first-order valence-electron chi connectivity index (χ1n) is 5.45. The molecule has 0 bridgehead atoms. The van der Waals surface area contributed by atoms with Crippen molar-refractivity contribution in [3.8, 4) is 0 Å². The van der Waals surface area contributed by atoms with Crippen LogP contribution >= 0.6 is 0 Å². The van der Waals surface area contributed by atoms with Gasteiger partial charge in [0.15, 0.2) is 0 Å². The van der Waals surface area contributed by atoms with E-state index in [0.717, 1.165) is 32.5 Å². The smallest absolute Gasteiger partial charge is 0.218 e. The number of carbonyl (C=O) groups is 1. The number of hydrogen-bond acceptors (Lipinski definition) is 4. The number of rotatable bonds is 6. The number of nitrogens with zero attached hydrogens (tertiary/aromatic N) is 1. The highest BCUT2D eigenvalue weighted by Crippen LogP contribution is 2.13. The van der Waals surface area contributed by atoms with Crippen LogP contribution in [0.15, 0.2) is 0 Å². The molecule has 0 aromatic rings. The molecule has 5 heteroatoms. The average molecular weight is 216 g/mol. The van der Waals surface area contributed by atoms with Crippen molar-refractivity contribution in [1.82, 2.24) is 4.90 Å². The minimum Gasteiger partial charge on any atom is -0.394 e. The van der Waals surface area contributed by atoms with E-state index in [1.54, 1.807) is 0 Å². The van der Waals surface area contributed by atoms with Gasteiger partial charge in [0.1, 0.15) is 0 Å². The van der Waals surface area contributed by atoms with Gasteiger partial charge in [0.05, 0.1) is 19.3 Å². The Morgan fingerprint density at radius 2 is 2.13 bits per heavy atom. The van der Waals surface area contributed by atoms with Gasteiger partial charge < -0.3 is 20.5 Å². The van der Waals surface area contributed by atoms with Crippen LogP contribution in [-0.4, -0.2) is 54.9 Å². The number of ether oxygens (including phenoxy) is 1. The third-order valence-corrected chi connectivity index (χ3v) is 2.65. The van der Waals surface area contributed by atoms with Crippen molar-refractivity contribution in [2.24, 2.45) is 5.73 Å². The van der Waals surface area contributed by atoms with Crippen molar-refractivity contribution in [2.75, 3.05) is 32.8 Å². The Morgan fingerprint density at radius 3 is 2.67 bits per heavy atom. The lowest BCUT2D eigenvalue weighted by Gasteiger charge is -2.31.